The monoisotopic (exact) mass is 304 g/mol. The third-order valence-corrected chi connectivity index (χ3v) is 3.50. The maximum absolute atomic E-state index is 11.8. The molecule has 2 aromatic heterocycles. The summed E-state index contributed by atoms with van der Waals surface area (Å²) >= 11 is 3.38. The second kappa shape index (κ2) is 4.10. The molecule has 1 fully saturated rings. The zero-order valence-corrected chi connectivity index (χ0v) is 11.0. The number of hydrogen-bond donors (Lipinski definition) is 0. The van der Waals surface area contributed by atoms with Gasteiger partial charge in [-0.2, -0.15) is 4.98 Å². The highest BCUT2D eigenvalue weighted by Crippen LogP contribution is 2.23. The van der Waals surface area contributed by atoms with Gasteiger partial charge < -0.3 is 0 Å². The highest BCUT2D eigenvalue weighted by molar-refractivity contribution is 9.10. The van der Waals surface area contributed by atoms with E-state index in [2.05, 4.69) is 31.9 Å². The molecule has 6 heteroatoms. The molecular formula is C12H9BrN4O. The van der Waals surface area contributed by atoms with Crippen LogP contribution in [-0.2, 0) is 4.79 Å². The van der Waals surface area contributed by atoms with Gasteiger partial charge in [0.15, 0.2) is 5.65 Å². The Labute approximate surface area is 112 Å². The third-order valence-electron chi connectivity index (χ3n) is 2.90. The van der Waals surface area contributed by atoms with Gasteiger partial charge in [-0.3, -0.25) is 9.69 Å². The fraction of sp³-hybridized carbons (Fsp3) is 0.250. The van der Waals surface area contributed by atoms with Crippen LogP contribution < -0.4 is 4.90 Å². The van der Waals surface area contributed by atoms with Crippen molar-refractivity contribution >= 4 is 33.4 Å². The van der Waals surface area contributed by atoms with E-state index in [0.29, 0.717) is 24.6 Å². The van der Waals surface area contributed by atoms with Crippen molar-refractivity contribution in [3.8, 4) is 12.3 Å². The van der Waals surface area contributed by atoms with Gasteiger partial charge in [0.25, 0.3) is 5.95 Å². The van der Waals surface area contributed by atoms with Crippen LogP contribution in [0.25, 0.3) is 5.65 Å². The van der Waals surface area contributed by atoms with Crippen molar-refractivity contribution in [2.45, 2.75) is 6.42 Å². The van der Waals surface area contributed by atoms with E-state index in [1.54, 1.807) is 9.42 Å². The average molecular weight is 305 g/mol. The number of nitrogens with zero attached hydrogens (tertiary/aromatic N) is 4. The Morgan fingerprint density at radius 1 is 1.50 bits per heavy atom. The SMILES string of the molecule is C#CC1CC(=O)N(c2nc3cccc(Br)n3n2)C1. The molecule has 0 spiro atoms. The molecule has 0 N–H and O–H groups in total. The predicted molar refractivity (Wildman–Crippen MR) is 70.0 cm³/mol. The minimum Gasteiger partial charge on any atom is -0.278 e. The highest BCUT2D eigenvalue weighted by Gasteiger charge is 2.31. The number of carbonyl (C=O) groups is 1. The van der Waals surface area contributed by atoms with Crippen LogP contribution in [0.2, 0.25) is 0 Å². The van der Waals surface area contributed by atoms with E-state index in [-0.39, 0.29) is 11.8 Å². The first-order valence-corrected chi connectivity index (χ1v) is 6.26. The highest BCUT2D eigenvalue weighted by atomic mass is 79.9. The van der Waals surface area contributed by atoms with Gasteiger partial charge in [-0.25, -0.2) is 4.52 Å². The quantitative estimate of drug-likeness (QED) is 0.592. The molecule has 1 aliphatic rings. The van der Waals surface area contributed by atoms with Crippen LogP contribution in [0.15, 0.2) is 22.8 Å². The number of hydrogen-bond acceptors (Lipinski definition) is 3. The van der Waals surface area contributed by atoms with Gasteiger partial charge in [-0.05, 0) is 28.1 Å². The Morgan fingerprint density at radius 2 is 2.33 bits per heavy atom. The maximum Gasteiger partial charge on any atom is 0.252 e. The fourth-order valence-corrected chi connectivity index (χ4v) is 2.40. The van der Waals surface area contributed by atoms with Gasteiger partial charge in [0, 0.05) is 18.9 Å². The molecule has 2 aromatic rings. The second-order valence-electron chi connectivity index (χ2n) is 4.10. The lowest BCUT2D eigenvalue weighted by Crippen LogP contribution is -2.25. The maximum atomic E-state index is 11.8. The molecule has 90 valence electrons. The lowest BCUT2D eigenvalue weighted by atomic mass is 10.1. The molecule has 3 rings (SSSR count). The molecule has 5 nitrogen and oxygen atoms in total. The van der Waals surface area contributed by atoms with Crippen molar-refractivity contribution in [2.24, 2.45) is 5.92 Å². The number of pyridine rings is 1. The van der Waals surface area contributed by atoms with E-state index in [0.717, 1.165) is 4.60 Å². The van der Waals surface area contributed by atoms with Crippen molar-refractivity contribution in [2.75, 3.05) is 11.4 Å². The molecule has 0 aliphatic carbocycles. The van der Waals surface area contributed by atoms with Crippen molar-refractivity contribution < 1.29 is 4.79 Å². The average Bonchev–Trinajstić information content (AvgIpc) is 2.93. The van der Waals surface area contributed by atoms with E-state index >= 15 is 0 Å². The normalized spacial score (nSPS) is 19.4. The van der Waals surface area contributed by atoms with Gasteiger partial charge in [0.2, 0.25) is 5.91 Å². The van der Waals surface area contributed by atoms with E-state index in [4.69, 9.17) is 6.42 Å². The van der Waals surface area contributed by atoms with E-state index in [1.807, 2.05) is 18.2 Å². The Kier molecular flexibility index (Phi) is 2.56. The number of anilines is 1. The van der Waals surface area contributed by atoms with Gasteiger partial charge in [0.05, 0.1) is 0 Å². The zero-order valence-electron chi connectivity index (χ0n) is 9.38. The Morgan fingerprint density at radius 3 is 3.00 bits per heavy atom. The summed E-state index contributed by atoms with van der Waals surface area (Å²) in [5, 5.41) is 4.31. The summed E-state index contributed by atoms with van der Waals surface area (Å²) in [5.74, 6) is 2.94. The summed E-state index contributed by atoms with van der Waals surface area (Å²) in [6.45, 7) is 0.490. The number of rotatable bonds is 1. The van der Waals surface area contributed by atoms with Crippen LogP contribution in [-0.4, -0.2) is 27.0 Å². The number of aromatic nitrogens is 3. The molecule has 0 bridgehead atoms. The van der Waals surface area contributed by atoms with Crippen LogP contribution in [0.1, 0.15) is 6.42 Å². The zero-order chi connectivity index (χ0) is 12.7. The molecule has 0 saturated carbocycles. The summed E-state index contributed by atoms with van der Waals surface area (Å²) in [4.78, 5) is 17.7. The number of amides is 1. The first-order valence-electron chi connectivity index (χ1n) is 5.47. The molecular weight excluding hydrogens is 296 g/mol. The smallest absolute Gasteiger partial charge is 0.252 e. The molecule has 1 unspecified atom stereocenters. The molecule has 0 aromatic carbocycles. The molecule has 3 heterocycles. The van der Waals surface area contributed by atoms with E-state index in [9.17, 15) is 4.79 Å². The summed E-state index contributed by atoms with van der Waals surface area (Å²) in [5.41, 5.74) is 0.691. The molecule has 18 heavy (non-hydrogen) atoms. The van der Waals surface area contributed by atoms with Crippen molar-refractivity contribution in [1.29, 1.82) is 0 Å². The summed E-state index contributed by atoms with van der Waals surface area (Å²) in [6.07, 6.45) is 5.72. The van der Waals surface area contributed by atoms with Gasteiger partial charge in [-0.15, -0.1) is 17.4 Å². The second-order valence-corrected chi connectivity index (χ2v) is 4.91. The van der Waals surface area contributed by atoms with Crippen molar-refractivity contribution in [1.82, 2.24) is 14.6 Å². The summed E-state index contributed by atoms with van der Waals surface area (Å²) in [6, 6.07) is 5.57. The molecule has 1 amide bonds. The number of halogens is 1. The number of carbonyl (C=O) groups excluding carboxylic acids is 1. The standard InChI is InChI=1S/C12H9BrN4O/c1-2-8-6-11(18)16(7-8)12-14-10-5-3-4-9(13)17(10)15-12/h1,3-5,8H,6-7H2. The van der Waals surface area contributed by atoms with Crippen LogP contribution >= 0.6 is 15.9 Å². The molecule has 1 aliphatic heterocycles. The minimum atomic E-state index is -0.0486. The Bertz CT molecular complexity index is 672. The van der Waals surface area contributed by atoms with Crippen molar-refractivity contribution in [3.63, 3.8) is 0 Å². The first-order chi connectivity index (χ1) is 8.69. The van der Waals surface area contributed by atoms with E-state index in [1.165, 1.54) is 0 Å². The molecule has 1 atom stereocenters. The minimum absolute atomic E-state index is 0.0232. The summed E-state index contributed by atoms with van der Waals surface area (Å²) in [7, 11) is 0. The van der Waals surface area contributed by atoms with Crippen molar-refractivity contribution in [3.05, 3.63) is 22.8 Å². The van der Waals surface area contributed by atoms with Gasteiger partial charge in [-0.1, -0.05) is 6.07 Å². The van der Waals surface area contributed by atoms with Crippen LogP contribution in [0.4, 0.5) is 5.95 Å². The third kappa shape index (κ3) is 1.68. The summed E-state index contributed by atoms with van der Waals surface area (Å²) < 4.78 is 2.44. The largest absolute Gasteiger partial charge is 0.278 e. The number of fused-ring (bicyclic) bond motifs is 1. The molecule has 0 radical (unpaired) electrons. The predicted octanol–water partition coefficient (Wildman–Crippen LogP) is 1.48. The van der Waals surface area contributed by atoms with Crippen LogP contribution in [0, 0.1) is 18.3 Å². The lowest BCUT2D eigenvalue weighted by Gasteiger charge is -2.09. The Hall–Kier alpha value is -1.87. The van der Waals surface area contributed by atoms with Gasteiger partial charge >= 0.3 is 0 Å². The number of terminal acetylenes is 1. The first kappa shape index (κ1) is 11.2. The van der Waals surface area contributed by atoms with Gasteiger partial charge in [0.1, 0.15) is 4.60 Å². The van der Waals surface area contributed by atoms with Crippen LogP contribution in [0.3, 0.4) is 0 Å². The molecule has 1 saturated heterocycles. The lowest BCUT2D eigenvalue weighted by molar-refractivity contribution is -0.117. The van der Waals surface area contributed by atoms with Crippen LogP contribution in [0.5, 0.6) is 0 Å². The topological polar surface area (TPSA) is 50.5 Å². The Balaban J connectivity index is 2.03. The van der Waals surface area contributed by atoms with E-state index < -0.39 is 0 Å². The fourth-order valence-electron chi connectivity index (χ4n) is 1.99.